The third-order valence-corrected chi connectivity index (χ3v) is 6.67. The molecule has 1 aromatic carbocycles. The van der Waals surface area contributed by atoms with Crippen molar-refractivity contribution in [1.82, 2.24) is 10.6 Å². The number of guanidine groups is 1. The zero-order chi connectivity index (χ0) is 21.1. The van der Waals surface area contributed by atoms with Gasteiger partial charge in [-0.05, 0) is 56.9 Å². The lowest BCUT2D eigenvalue weighted by molar-refractivity contribution is -0.0265. The summed E-state index contributed by atoms with van der Waals surface area (Å²) in [4.78, 5) is 5.03. The molecule has 5 nitrogen and oxygen atoms in total. The molecule has 2 atom stereocenters. The standard InChI is InChI=1S/C25H41N3O2/c1-3-26-24(28-20-25(14-8-9-15-25)16-18-29-4-2)27-19-22-13-10-17-30-23(22)21-11-6-5-7-12-21/h5-7,11-12,22-23H,3-4,8-10,13-20H2,1-2H3,(H2,26,27,28). The highest BCUT2D eigenvalue weighted by Gasteiger charge is 2.33. The Bertz CT molecular complexity index is 629. The molecule has 1 saturated heterocycles. The number of hydrogen-bond acceptors (Lipinski definition) is 3. The Morgan fingerprint density at radius 1 is 1.13 bits per heavy atom. The Morgan fingerprint density at radius 3 is 2.67 bits per heavy atom. The van der Waals surface area contributed by atoms with Crippen molar-refractivity contribution in [2.75, 3.05) is 39.5 Å². The van der Waals surface area contributed by atoms with Crippen LogP contribution in [0.15, 0.2) is 35.3 Å². The van der Waals surface area contributed by atoms with Gasteiger partial charge in [0.25, 0.3) is 0 Å². The number of benzene rings is 1. The minimum atomic E-state index is 0.169. The van der Waals surface area contributed by atoms with Gasteiger partial charge in [-0.1, -0.05) is 43.2 Å². The second kappa shape index (κ2) is 12.3. The summed E-state index contributed by atoms with van der Waals surface area (Å²) in [6, 6.07) is 10.6. The van der Waals surface area contributed by atoms with E-state index in [0.717, 1.165) is 58.3 Å². The molecule has 2 N–H and O–H groups in total. The van der Waals surface area contributed by atoms with Crippen molar-refractivity contribution in [2.24, 2.45) is 16.3 Å². The Kier molecular flexibility index (Phi) is 9.47. The van der Waals surface area contributed by atoms with Gasteiger partial charge in [0.05, 0.1) is 6.10 Å². The summed E-state index contributed by atoms with van der Waals surface area (Å²) in [7, 11) is 0. The van der Waals surface area contributed by atoms with Crippen LogP contribution in [0.4, 0.5) is 0 Å². The van der Waals surface area contributed by atoms with Crippen LogP contribution in [0, 0.1) is 11.3 Å². The Hall–Kier alpha value is -1.59. The van der Waals surface area contributed by atoms with Crippen LogP contribution in [0.5, 0.6) is 0 Å². The van der Waals surface area contributed by atoms with E-state index in [-0.39, 0.29) is 6.10 Å². The molecule has 0 aromatic heterocycles. The summed E-state index contributed by atoms with van der Waals surface area (Å²) in [5, 5.41) is 7.08. The molecule has 0 amide bonds. The first-order valence-corrected chi connectivity index (χ1v) is 12.0. The van der Waals surface area contributed by atoms with Gasteiger partial charge in [-0.15, -0.1) is 0 Å². The van der Waals surface area contributed by atoms with Gasteiger partial charge in [-0.25, -0.2) is 0 Å². The Morgan fingerprint density at radius 2 is 1.93 bits per heavy atom. The van der Waals surface area contributed by atoms with Crippen molar-refractivity contribution in [1.29, 1.82) is 0 Å². The fraction of sp³-hybridized carbons (Fsp3) is 0.720. The van der Waals surface area contributed by atoms with Crippen LogP contribution in [-0.2, 0) is 9.47 Å². The molecular weight excluding hydrogens is 374 g/mol. The zero-order valence-corrected chi connectivity index (χ0v) is 19.0. The highest BCUT2D eigenvalue weighted by molar-refractivity contribution is 5.79. The van der Waals surface area contributed by atoms with E-state index >= 15 is 0 Å². The molecule has 0 bridgehead atoms. The predicted octanol–water partition coefficient (Wildman–Crippen LogP) is 4.70. The number of ether oxygens (including phenoxy) is 2. The smallest absolute Gasteiger partial charge is 0.191 e. The SMILES string of the molecule is CCNC(=NCC1(CCOCC)CCCC1)NCC1CCCOC1c1ccccc1. The molecule has 3 rings (SSSR count). The first-order valence-electron chi connectivity index (χ1n) is 12.0. The molecule has 2 fully saturated rings. The summed E-state index contributed by atoms with van der Waals surface area (Å²) in [5.74, 6) is 1.40. The predicted molar refractivity (Wildman–Crippen MR) is 124 cm³/mol. The third kappa shape index (κ3) is 6.71. The number of rotatable bonds is 10. The highest BCUT2D eigenvalue weighted by atomic mass is 16.5. The molecule has 1 heterocycles. The maximum Gasteiger partial charge on any atom is 0.191 e. The van der Waals surface area contributed by atoms with Gasteiger partial charge in [0, 0.05) is 45.4 Å². The molecule has 1 aliphatic carbocycles. The van der Waals surface area contributed by atoms with E-state index in [1.165, 1.54) is 37.7 Å². The summed E-state index contributed by atoms with van der Waals surface area (Å²) >= 11 is 0. The molecule has 5 heteroatoms. The van der Waals surface area contributed by atoms with E-state index in [0.29, 0.717) is 11.3 Å². The van der Waals surface area contributed by atoms with E-state index in [4.69, 9.17) is 14.5 Å². The molecule has 1 aromatic rings. The minimum absolute atomic E-state index is 0.169. The molecule has 30 heavy (non-hydrogen) atoms. The molecule has 0 spiro atoms. The van der Waals surface area contributed by atoms with Crippen LogP contribution in [0.2, 0.25) is 0 Å². The van der Waals surface area contributed by atoms with Crippen molar-refractivity contribution in [3.8, 4) is 0 Å². The largest absolute Gasteiger partial charge is 0.382 e. The van der Waals surface area contributed by atoms with E-state index in [1.807, 2.05) is 0 Å². The molecule has 2 aliphatic rings. The lowest BCUT2D eigenvalue weighted by Gasteiger charge is -2.33. The average molecular weight is 416 g/mol. The van der Waals surface area contributed by atoms with Gasteiger partial charge in [0.1, 0.15) is 0 Å². The summed E-state index contributed by atoms with van der Waals surface area (Å²) in [6.07, 6.45) is 8.80. The number of nitrogens with zero attached hydrogens (tertiary/aromatic N) is 1. The summed E-state index contributed by atoms with van der Waals surface area (Å²) < 4.78 is 11.8. The topological polar surface area (TPSA) is 54.9 Å². The number of hydrogen-bond donors (Lipinski definition) is 2. The lowest BCUT2D eigenvalue weighted by atomic mass is 9.83. The van der Waals surface area contributed by atoms with Crippen LogP contribution in [0.1, 0.15) is 70.5 Å². The van der Waals surface area contributed by atoms with Crippen molar-refractivity contribution in [3.05, 3.63) is 35.9 Å². The molecule has 0 radical (unpaired) electrons. The first-order chi connectivity index (χ1) is 14.8. The number of aliphatic imine (C=N–C) groups is 1. The summed E-state index contributed by atoms with van der Waals surface area (Å²) in [6.45, 7) is 9.37. The van der Waals surface area contributed by atoms with Crippen molar-refractivity contribution < 1.29 is 9.47 Å². The van der Waals surface area contributed by atoms with E-state index in [9.17, 15) is 0 Å². The van der Waals surface area contributed by atoms with Gasteiger partial charge in [-0.2, -0.15) is 0 Å². The van der Waals surface area contributed by atoms with Crippen LogP contribution < -0.4 is 10.6 Å². The monoisotopic (exact) mass is 415 g/mol. The second-order valence-electron chi connectivity index (χ2n) is 8.83. The molecule has 2 unspecified atom stereocenters. The first kappa shape index (κ1) is 23.1. The van der Waals surface area contributed by atoms with Crippen LogP contribution in [0.25, 0.3) is 0 Å². The third-order valence-electron chi connectivity index (χ3n) is 6.67. The zero-order valence-electron chi connectivity index (χ0n) is 19.0. The van der Waals surface area contributed by atoms with Crippen LogP contribution in [0.3, 0.4) is 0 Å². The molecule has 1 aliphatic heterocycles. The van der Waals surface area contributed by atoms with Crippen molar-refractivity contribution in [3.63, 3.8) is 0 Å². The van der Waals surface area contributed by atoms with E-state index in [1.54, 1.807) is 0 Å². The normalized spacial score (nSPS) is 24.0. The maximum absolute atomic E-state index is 6.17. The Labute approximate surface area is 183 Å². The number of nitrogens with one attached hydrogen (secondary N) is 2. The van der Waals surface area contributed by atoms with Gasteiger partial charge >= 0.3 is 0 Å². The molecular formula is C25H41N3O2. The van der Waals surface area contributed by atoms with Gasteiger partial charge in [-0.3, -0.25) is 4.99 Å². The van der Waals surface area contributed by atoms with E-state index in [2.05, 4.69) is 54.8 Å². The van der Waals surface area contributed by atoms with Crippen LogP contribution >= 0.6 is 0 Å². The van der Waals surface area contributed by atoms with Crippen LogP contribution in [-0.4, -0.2) is 45.4 Å². The summed E-state index contributed by atoms with van der Waals surface area (Å²) in [5.41, 5.74) is 1.60. The van der Waals surface area contributed by atoms with Gasteiger partial charge in [0.2, 0.25) is 0 Å². The lowest BCUT2D eigenvalue weighted by Crippen LogP contribution is -2.42. The quantitative estimate of drug-likeness (QED) is 0.330. The van der Waals surface area contributed by atoms with Gasteiger partial charge in [0.15, 0.2) is 5.96 Å². The highest BCUT2D eigenvalue weighted by Crippen LogP contribution is 2.41. The fourth-order valence-electron chi connectivity index (χ4n) is 4.92. The van der Waals surface area contributed by atoms with E-state index < -0.39 is 0 Å². The second-order valence-corrected chi connectivity index (χ2v) is 8.83. The van der Waals surface area contributed by atoms with Crippen molar-refractivity contribution >= 4 is 5.96 Å². The Balaban J connectivity index is 1.59. The average Bonchev–Trinajstić information content (AvgIpc) is 3.26. The molecule has 168 valence electrons. The van der Waals surface area contributed by atoms with Crippen molar-refractivity contribution in [2.45, 2.75) is 64.9 Å². The van der Waals surface area contributed by atoms with Gasteiger partial charge < -0.3 is 20.1 Å². The fourth-order valence-corrected chi connectivity index (χ4v) is 4.92. The molecule has 1 saturated carbocycles. The maximum atomic E-state index is 6.17. The minimum Gasteiger partial charge on any atom is -0.382 e.